The summed E-state index contributed by atoms with van der Waals surface area (Å²) in [5.41, 5.74) is -1.10. The maximum atomic E-state index is 11.8. The maximum Gasteiger partial charge on any atom is 0.407 e. The van der Waals surface area contributed by atoms with Gasteiger partial charge in [0.25, 0.3) is 0 Å². The van der Waals surface area contributed by atoms with E-state index in [1.165, 1.54) is 0 Å². The second-order valence-electron chi connectivity index (χ2n) is 7.38. The molecule has 2 N–H and O–H groups in total. The molecule has 1 unspecified atom stereocenters. The summed E-state index contributed by atoms with van der Waals surface area (Å²) in [6.45, 7) is 15.0. The summed E-state index contributed by atoms with van der Waals surface area (Å²) in [5, 5.41) is 5.42. The van der Waals surface area contributed by atoms with Crippen molar-refractivity contribution in [3.05, 3.63) is 0 Å². The van der Waals surface area contributed by atoms with Gasteiger partial charge in [0.05, 0.1) is 6.04 Å². The van der Waals surface area contributed by atoms with Crippen LogP contribution in [0, 0.1) is 5.92 Å². The minimum atomic E-state index is -0.551. The molecule has 0 spiro atoms. The van der Waals surface area contributed by atoms with Gasteiger partial charge < -0.3 is 20.1 Å². The Kier molecular flexibility index (Phi) is 7.00. The molecule has 0 aliphatic carbocycles. The first-order chi connectivity index (χ1) is 9.30. The molecule has 0 rings (SSSR count). The molecule has 0 aliphatic heterocycles. The minimum absolute atomic E-state index is 0.146. The van der Waals surface area contributed by atoms with E-state index in [-0.39, 0.29) is 18.5 Å². The summed E-state index contributed by atoms with van der Waals surface area (Å²) < 4.78 is 10.4. The molecule has 0 radical (unpaired) electrons. The molecular weight excluding hydrogens is 272 g/mol. The Morgan fingerprint density at radius 1 is 0.905 bits per heavy atom. The monoisotopic (exact) mass is 302 g/mol. The normalized spacial score (nSPS) is 13.6. The molecule has 0 bridgehead atoms. The topological polar surface area (TPSA) is 76.7 Å². The van der Waals surface area contributed by atoms with Crippen LogP contribution < -0.4 is 10.6 Å². The molecule has 1 atom stereocenters. The van der Waals surface area contributed by atoms with Crippen LogP contribution in [0.4, 0.5) is 9.59 Å². The molecule has 0 heterocycles. The van der Waals surface area contributed by atoms with Crippen LogP contribution in [0.3, 0.4) is 0 Å². The molecule has 2 amide bonds. The molecule has 0 aromatic heterocycles. The lowest BCUT2D eigenvalue weighted by Crippen LogP contribution is -2.48. The fraction of sp³-hybridized carbons (Fsp3) is 0.867. The molecule has 6 nitrogen and oxygen atoms in total. The van der Waals surface area contributed by atoms with Gasteiger partial charge in [-0.05, 0) is 47.5 Å². The van der Waals surface area contributed by atoms with E-state index in [9.17, 15) is 9.59 Å². The predicted molar refractivity (Wildman–Crippen MR) is 82.2 cm³/mol. The Bertz CT molecular complexity index is 354. The lowest BCUT2D eigenvalue weighted by atomic mass is 10.0. The first-order valence-corrected chi connectivity index (χ1v) is 7.26. The van der Waals surface area contributed by atoms with E-state index in [2.05, 4.69) is 10.6 Å². The predicted octanol–water partition coefficient (Wildman–Crippen LogP) is 3.06. The van der Waals surface area contributed by atoms with E-state index < -0.39 is 23.4 Å². The Balaban J connectivity index is 4.39. The van der Waals surface area contributed by atoms with E-state index in [4.69, 9.17) is 9.47 Å². The number of carbonyl (C=O) groups excluding carboxylic acids is 2. The molecular formula is C15H30N2O4. The van der Waals surface area contributed by atoms with Crippen molar-refractivity contribution in [3.8, 4) is 0 Å². The molecule has 0 aliphatic rings. The third kappa shape index (κ3) is 10.9. The van der Waals surface area contributed by atoms with Crippen LogP contribution in [-0.2, 0) is 9.47 Å². The highest BCUT2D eigenvalue weighted by Crippen LogP contribution is 2.09. The van der Waals surface area contributed by atoms with Crippen molar-refractivity contribution in [2.45, 2.75) is 72.6 Å². The van der Waals surface area contributed by atoms with E-state index in [1.807, 2.05) is 13.8 Å². The highest BCUT2D eigenvalue weighted by Gasteiger charge is 2.23. The van der Waals surface area contributed by atoms with Gasteiger partial charge in [0.2, 0.25) is 0 Å². The molecule has 0 fully saturated rings. The Hall–Kier alpha value is -1.46. The molecule has 21 heavy (non-hydrogen) atoms. The number of carbonyl (C=O) groups is 2. The number of ether oxygens (including phenoxy) is 2. The van der Waals surface area contributed by atoms with Crippen LogP contribution in [0.25, 0.3) is 0 Å². The van der Waals surface area contributed by atoms with Gasteiger partial charge >= 0.3 is 12.2 Å². The molecule has 124 valence electrons. The van der Waals surface area contributed by atoms with E-state index in [1.54, 1.807) is 41.5 Å². The number of nitrogens with one attached hydrogen (secondary N) is 2. The fourth-order valence-corrected chi connectivity index (χ4v) is 1.42. The molecule has 6 heteroatoms. The van der Waals surface area contributed by atoms with Gasteiger partial charge in [-0.25, -0.2) is 9.59 Å². The number of hydrogen-bond donors (Lipinski definition) is 2. The van der Waals surface area contributed by atoms with Crippen LogP contribution in [0.2, 0.25) is 0 Å². The van der Waals surface area contributed by atoms with Crippen molar-refractivity contribution in [2.75, 3.05) is 6.54 Å². The number of alkyl carbamates (subject to hydrolysis) is 2. The summed E-state index contributed by atoms with van der Waals surface area (Å²) in [7, 11) is 0. The number of rotatable bonds is 4. The Labute approximate surface area is 127 Å². The first kappa shape index (κ1) is 19.5. The number of hydrogen-bond acceptors (Lipinski definition) is 4. The zero-order valence-electron chi connectivity index (χ0n) is 14.5. The quantitative estimate of drug-likeness (QED) is 0.836. The summed E-state index contributed by atoms with van der Waals surface area (Å²) in [6.07, 6.45) is -0.994. The standard InChI is InChI=1S/C15H30N2O4/c1-10(2)11(17-13(19)21-15(6,7)8)9-16-12(18)20-14(3,4)5/h10-11H,9H2,1-8H3,(H,16,18)(H,17,19). The van der Waals surface area contributed by atoms with Gasteiger partial charge in [0.15, 0.2) is 0 Å². The average molecular weight is 302 g/mol. The molecule has 0 saturated heterocycles. The fourth-order valence-electron chi connectivity index (χ4n) is 1.42. The molecule has 0 aromatic rings. The second-order valence-corrected chi connectivity index (χ2v) is 7.38. The highest BCUT2D eigenvalue weighted by molar-refractivity contribution is 5.69. The van der Waals surface area contributed by atoms with Crippen molar-refractivity contribution in [1.29, 1.82) is 0 Å². The largest absolute Gasteiger partial charge is 0.444 e. The minimum Gasteiger partial charge on any atom is -0.444 e. The van der Waals surface area contributed by atoms with Crippen LogP contribution in [0.15, 0.2) is 0 Å². The van der Waals surface area contributed by atoms with Gasteiger partial charge in [-0.15, -0.1) is 0 Å². The van der Waals surface area contributed by atoms with Gasteiger partial charge in [-0.1, -0.05) is 13.8 Å². The zero-order chi connectivity index (χ0) is 16.8. The Morgan fingerprint density at radius 2 is 1.33 bits per heavy atom. The van der Waals surface area contributed by atoms with E-state index in [0.29, 0.717) is 0 Å². The average Bonchev–Trinajstić information content (AvgIpc) is 2.18. The summed E-state index contributed by atoms with van der Waals surface area (Å²) in [6, 6.07) is -0.229. The molecule has 0 saturated carbocycles. The van der Waals surface area contributed by atoms with Crippen molar-refractivity contribution >= 4 is 12.2 Å². The zero-order valence-corrected chi connectivity index (χ0v) is 14.5. The van der Waals surface area contributed by atoms with Crippen molar-refractivity contribution < 1.29 is 19.1 Å². The van der Waals surface area contributed by atoms with Gasteiger partial charge in [0.1, 0.15) is 11.2 Å². The second kappa shape index (κ2) is 7.52. The van der Waals surface area contributed by atoms with Crippen molar-refractivity contribution in [3.63, 3.8) is 0 Å². The van der Waals surface area contributed by atoms with Crippen LogP contribution in [0.1, 0.15) is 55.4 Å². The van der Waals surface area contributed by atoms with E-state index >= 15 is 0 Å². The van der Waals surface area contributed by atoms with Crippen molar-refractivity contribution in [1.82, 2.24) is 10.6 Å². The van der Waals surface area contributed by atoms with Crippen LogP contribution in [0.5, 0.6) is 0 Å². The lowest BCUT2D eigenvalue weighted by Gasteiger charge is -2.26. The summed E-state index contributed by atoms with van der Waals surface area (Å²) >= 11 is 0. The first-order valence-electron chi connectivity index (χ1n) is 7.26. The SMILES string of the molecule is CC(C)C(CNC(=O)OC(C)(C)C)NC(=O)OC(C)(C)C. The van der Waals surface area contributed by atoms with Crippen LogP contribution in [-0.4, -0.2) is 36.0 Å². The smallest absolute Gasteiger partial charge is 0.407 e. The Morgan fingerprint density at radius 3 is 1.71 bits per heavy atom. The van der Waals surface area contributed by atoms with Gasteiger partial charge in [0, 0.05) is 6.54 Å². The highest BCUT2D eigenvalue weighted by atomic mass is 16.6. The van der Waals surface area contributed by atoms with Gasteiger partial charge in [-0.3, -0.25) is 0 Å². The van der Waals surface area contributed by atoms with Gasteiger partial charge in [-0.2, -0.15) is 0 Å². The lowest BCUT2D eigenvalue weighted by molar-refractivity contribution is 0.0449. The van der Waals surface area contributed by atoms with Crippen molar-refractivity contribution in [2.24, 2.45) is 5.92 Å². The number of amides is 2. The summed E-state index contributed by atoms with van der Waals surface area (Å²) in [5.74, 6) is 0.146. The third-order valence-corrected chi connectivity index (χ3v) is 2.37. The van der Waals surface area contributed by atoms with E-state index in [0.717, 1.165) is 0 Å². The van der Waals surface area contributed by atoms with Crippen LogP contribution >= 0.6 is 0 Å². The summed E-state index contributed by atoms with van der Waals surface area (Å²) in [4.78, 5) is 23.4. The third-order valence-electron chi connectivity index (χ3n) is 2.37. The maximum absolute atomic E-state index is 11.8. The molecule has 0 aromatic carbocycles.